The Morgan fingerprint density at radius 1 is 1.09 bits per heavy atom. The molecule has 1 aromatic rings. The van der Waals surface area contributed by atoms with Crippen LogP contribution in [0.3, 0.4) is 0 Å². The molecule has 0 aliphatic carbocycles. The molecule has 0 spiro atoms. The molecule has 1 N–H and O–H groups in total. The lowest BCUT2D eigenvalue weighted by atomic mass is 10.2. The van der Waals surface area contributed by atoms with Crippen LogP contribution < -0.4 is 4.74 Å². The van der Waals surface area contributed by atoms with Crippen LogP contribution in [0.2, 0.25) is 0 Å². The number of aliphatic hydroxyl groups excluding tert-OH is 1. The molecule has 1 fully saturated rings. The standard InChI is InChI=1S/C17H27NO4/c1-14-11-18(12-15(2)22-14)7-8-20-9-10-21-17-5-3-16(13-19)4-6-17/h3-6,14-15,19H,7-13H2,1-2H3/t14-,15+. The van der Waals surface area contributed by atoms with Gasteiger partial charge in [-0.2, -0.15) is 0 Å². The molecule has 0 radical (unpaired) electrons. The second-order valence-electron chi connectivity index (χ2n) is 5.78. The van der Waals surface area contributed by atoms with Crippen LogP contribution in [-0.4, -0.2) is 61.7 Å². The van der Waals surface area contributed by atoms with Gasteiger partial charge in [0.15, 0.2) is 0 Å². The van der Waals surface area contributed by atoms with E-state index < -0.39 is 0 Å². The van der Waals surface area contributed by atoms with Gasteiger partial charge in [-0.25, -0.2) is 0 Å². The quantitative estimate of drug-likeness (QED) is 0.741. The Hall–Kier alpha value is -1.14. The smallest absolute Gasteiger partial charge is 0.119 e. The van der Waals surface area contributed by atoms with Gasteiger partial charge in [0.1, 0.15) is 12.4 Å². The molecule has 5 nitrogen and oxygen atoms in total. The summed E-state index contributed by atoms with van der Waals surface area (Å²) in [5.41, 5.74) is 0.887. The largest absolute Gasteiger partial charge is 0.491 e. The van der Waals surface area contributed by atoms with Crippen molar-refractivity contribution in [3.05, 3.63) is 29.8 Å². The zero-order valence-electron chi connectivity index (χ0n) is 13.5. The van der Waals surface area contributed by atoms with Crippen molar-refractivity contribution in [2.75, 3.05) is 39.5 Å². The van der Waals surface area contributed by atoms with Crippen molar-refractivity contribution in [1.82, 2.24) is 4.90 Å². The van der Waals surface area contributed by atoms with Gasteiger partial charge in [-0.05, 0) is 31.5 Å². The molecule has 5 heteroatoms. The summed E-state index contributed by atoms with van der Waals surface area (Å²) in [6, 6.07) is 7.44. The van der Waals surface area contributed by atoms with Crippen molar-refractivity contribution >= 4 is 0 Å². The Labute approximate surface area is 132 Å². The Kier molecular flexibility index (Phi) is 7.12. The molecule has 0 bridgehead atoms. The highest BCUT2D eigenvalue weighted by Crippen LogP contribution is 2.12. The lowest BCUT2D eigenvalue weighted by Crippen LogP contribution is -2.46. The molecule has 0 saturated carbocycles. The summed E-state index contributed by atoms with van der Waals surface area (Å²) >= 11 is 0. The van der Waals surface area contributed by atoms with Gasteiger partial charge in [-0.1, -0.05) is 12.1 Å². The van der Waals surface area contributed by atoms with E-state index >= 15 is 0 Å². The van der Waals surface area contributed by atoms with Crippen molar-refractivity contribution in [2.24, 2.45) is 0 Å². The Morgan fingerprint density at radius 2 is 1.77 bits per heavy atom. The SMILES string of the molecule is C[C@@H]1CN(CCOCCOc2ccc(CO)cc2)C[C@H](C)O1. The van der Waals surface area contributed by atoms with Crippen molar-refractivity contribution in [1.29, 1.82) is 0 Å². The molecule has 2 atom stereocenters. The molecule has 1 saturated heterocycles. The third-order valence-electron chi connectivity index (χ3n) is 3.65. The lowest BCUT2D eigenvalue weighted by molar-refractivity contribution is -0.0734. The Morgan fingerprint density at radius 3 is 2.41 bits per heavy atom. The molecule has 0 aromatic heterocycles. The summed E-state index contributed by atoms with van der Waals surface area (Å²) in [6.45, 7) is 8.99. The first-order valence-corrected chi connectivity index (χ1v) is 7.95. The molecule has 1 aliphatic heterocycles. The van der Waals surface area contributed by atoms with Gasteiger partial charge in [0, 0.05) is 19.6 Å². The fraction of sp³-hybridized carbons (Fsp3) is 0.647. The van der Waals surface area contributed by atoms with E-state index in [-0.39, 0.29) is 6.61 Å². The highest BCUT2D eigenvalue weighted by atomic mass is 16.5. The predicted octanol–water partition coefficient (Wildman–Crippen LogP) is 1.68. The van der Waals surface area contributed by atoms with Crippen LogP contribution in [0.15, 0.2) is 24.3 Å². The number of hydrogen-bond acceptors (Lipinski definition) is 5. The van der Waals surface area contributed by atoms with E-state index in [0.717, 1.165) is 30.9 Å². The molecule has 1 aliphatic rings. The monoisotopic (exact) mass is 309 g/mol. The maximum Gasteiger partial charge on any atom is 0.119 e. The Bertz CT molecular complexity index is 413. The van der Waals surface area contributed by atoms with Crippen LogP contribution in [0.1, 0.15) is 19.4 Å². The number of rotatable bonds is 8. The van der Waals surface area contributed by atoms with Gasteiger partial charge in [0.05, 0.1) is 32.0 Å². The molecular weight excluding hydrogens is 282 g/mol. The first-order valence-electron chi connectivity index (χ1n) is 7.95. The molecule has 124 valence electrons. The summed E-state index contributed by atoms with van der Waals surface area (Å²) < 4.78 is 16.9. The molecule has 0 unspecified atom stereocenters. The number of aliphatic hydroxyl groups is 1. The summed E-state index contributed by atoms with van der Waals surface area (Å²) in [4.78, 5) is 2.38. The fourth-order valence-corrected chi connectivity index (χ4v) is 2.67. The van der Waals surface area contributed by atoms with Crippen LogP contribution in [-0.2, 0) is 16.1 Å². The van der Waals surface area contributed by atoms with Gasteiger partial charge in [0.2, 0.25) is 0 Å². The highest BCUT2D eigenvalue weighted by molar-refractivity contribution is 5.26. The second-order valence-corrected chi connectivity index (χ2v) is 5.78. The van der Waals surface area contributed by atoms with E-state index in [2.05, 4.69) is 18.7 Å². The topological polar surface area (TPSA) is 51.2 Å². The van der Waals surface area contributed by atoms with Gasteiger partial charge in [-0.15, -0.1) is 0 Å². The van der Waals surface area contributed by atoms with E-state index in [4.69, 9.17) is 19.3 Å². The maximum absolute atomic E-state index is 8.97. The van der Waals surface area contributed by atoms with Crippen molar-refractivity contribution in [3.8, 4) is 5.75 Å². The van der Waals surface area contributed by atoms with Crippen LogP contribution in [0, 0.1) is 0 Å². The van der Waals surface area contributed by atoms with E-state index in [1.54, 1.807) is 0 Å². The van der Waals surface area contributed by atoms with Crippen molar-refractivity contribution < 1.29 is 19.3 Å². The molecule has 22 heavy (non-hydrogen) atoms. The molecule has 1 aromatic carbocycles. The molecule has 0 amide bonds. The Balaban J connectivity index is 1.53. The summed E-state index contributed by atoms with van der Waals surface area (Å²) in [5.74, 6) is 0.802. The zero-order chi connectivity index (χ0) is 15.8. The predicted molar refractivity (Wildman–Crippen MR) is 85.1 cm³/mol. The first-order chi connectivity index (χ1) is 10.7. The second kappa shape index (κ2) is 9.10. The number of benzene rings is 1. The molecule has 1 heterocycles. The minimum Gasteiger partial charge on any atom is -0.491 e. The zero-order valence-corrected chi connectivity index (χ0v) is 13.5. The molecule has 2 rings (SSSR count). The lowest BCUT2D eigenvalue weighted by Gasteiger charge is -2.35. The summed E-state index contributed by atoms with van der Waals surface area (Å²) in [7, 11) is 0. The summed E-state index contributed by atoms with van der Waals surface area (Å²) in [5, 5.41) is 8.97. The minimum absolute atomic E-state index is 0.0577. The number of nitrogens with zero attached hydrogens (tertiary/aromatic N) is 1. The van der Waals surface area contributed by atoms with Crippen molar-refractivity contribution in [2.45, 2.75) is 32.7 Å². The van der Waals surface area contributed by atoms with Gasteiger partial charge in [-0.3, -0.25) is 4.90 Å². The van der Waals surface area contributed by atoms with Crippen LogP contribution in [0.25, 0.3) is 0 Å². The van der Waals surface area contributed by atoms with E-state index in [9.17, 15) is 0 Å². The minimum atomic E-state index is 0.0577. The maximum atomic E-state index is 8.97. The van der Waals surface area contributed by atoms with Gasteiger partial charge >= 0.3 is 0 Å². The average Bonchev–Trinajstić information content (AvgIpc) is 2.50. The van der Waals surface area contributed by atoms with E-state index in [1.165, 1.54) is 0 Å². The number of morpholine rings is 1. The fourth-order valence-electron chi connectivity index (χ4n) is 2.67. The van der Waals surface area contributed by atoms with Crippen LogP contribution in [0.4, 0.5) is 0 Å². The van der Waals surface area contributed by atoms with E-state index in [0.29, 0.717) is 32.0 Å². The average molecular weight is 309 g/mol. The van der Waals surface area contributed by atoms with Crippen LogP contribution in [0.5, 0.6) is 5.75 Å². The first kappa shape index (κ1) is 17.2. The van der Waals surface area contributed by atoms with Crippen molar-refractivity contribution in [3.63, 3.8) is 0 Å². The number of hydrogen-bond donors (Lipinski definition) is 1. The van der Waals surface area contributed by atoms with Gasteiger partial charge in [0.25, 0.3) is 0 Å². The third kappa shape index (κ3) is 5.93. The number of ether oxygens (including phenoxy) is 3. The normalized spacial score (nSPS) is 22.7. The van der Waals surface area contributed by atoms with E-state index in [1.807, 2.05) is 24.3 Å². The third-order valence-corrected chi connectivity index (χ3v) is 3.65. The van der Waals surface area contributed by atoms with Crippen LogP contribution >= 0.6 is 0 Å². The highest BCUT2D eigenvalue weighted by Gasteiger charge is 2.21. The molecular formula is C17H27NO4. The summed E-state index contributed by atoms with van der Waals surface area (Å²) in [6.07, 6.45) is 0.600. The van der Waals surface area contributed by atoms with Gasteiger partial charge < -0.3 is 19.3 Å².